The number of aromatic nitrogens is 2. The molecular formula is C22H23F2N3. The van der Waals surface area contributed by atoms with Crippen molar-refractivity contribution in [2.45, 2.75) is 44.7 Å². The molecule has 140 valence electrons. The van der Waals surface area contributed by atoms with Crippen LogP contribution in [-0.2, 0) is 19.5 Å². The molecule has 5 rings (SSSR count). The molecule has 2 aliphatic rings. The SMILES string of the molecule is Fc1ccc(C2CCN(Cc3nc4cc(F)cc5c4n3CCC5)CC2)cc1. The van der Waals surface area contributed by atoms with Crippen molar-refractivity contribution in [1.29, 1.82) is 0 Å². The second-order valence-electron chi connectivity index (χ2n) is 7.82. The molecule has 3 nitrogen and oxygen atoms in total. The first-order chi connectivity index (χ1) is 13.2. The maximum Gasteiger partial charge on any atom is 0.125 e. The van der Waals surface area contributed by atoms with Crippen LogP contribution in [0.4, 0.5) is 8.78 Å². The van der Waals surface area contributed by atoms with Gasteiger partial charge in [0, 0.05) is 12.6 Å². The highest BCUT2D eigenvalue weighted by molar-refractivity contribution is 5.80. The topological polar surface area (TPSA) is 21.1 Å². The van der Waals surface area contributed by atoms with Crippen molar-refractivity contribution in [3.63, 3.8) is 0 Å². The van der Waals surface area contributed by atoms with Crippen molar-refractivity contribution in [3.8, 4) is 0 Å². The van der Waals surface area contributed by atoms with Gasteiger partial charge in [-0.15, -0.1) is 0 Å². The van der Waals surface area contributed by atoms with Crippen LogP contribution < -0.4 is 0 Å². The molecule has 2 aliphatic heterocycles. The molecule has 3 aromatic rings. The van der Waals surface area contributed by atoms with Gasteiger partial charge in [0.15, 0.2) is 0 Å². The normalized spacial score (nSPS) is 18.3. The number of rotatable bonds is 3. The Morgan fingerprint density at radius 2 is 1.74 bits per heavy atom. The van der Waals surface area contributed by atoms with Crippen LogP contribution in [0.3, 0.4) is 0 Å². The standard InChI is InChI=1S/C22H23F2N3/c23-18-5-3-15(4-6-18)16-7-10-26(11-8-16)14-21-25-20-13-19(24)12-17-2-1-9-27(21)22(17)20/h3-6,12-13,16H,1-2,7-11,14H2. The molecule has 1 saturated heterocycles. The van der Waals surface area contributed by atoms with Gasteiger partial charge in [-0.1, -0.05) is 12.1 Å². The minimum Gasteiger partial charge on any atom is -0.327 e. The van der Waals surface area contributed by atoms with E-state index in [1.165, 1.54) is 5.56 Å². The van der Waals surface area contributed by atoms with Crippen LogP contribution in [0.5, 0.6) is 0 Å². The largest absolute Gasteiger partial charge is 0.327 e. The van der Waals surface area contributed by atoms with E-state index in [0.29, 0.717) is 5.92 Å². The number of hydrogen-bond donors (Lipinski definition) is 0. The summed E-state index contributed by atoms with van der Waals surface area (Å²) >= 11 is 0. The zero-order valence-electron chi connectivity index (χ0n) is 15.3. The molecular weight excluding hydrogens is 344 g/mol. The number of nitrogens with zero attached hydrogens (tertiary/aromatic N) is 3. The third-order valence-corrected chi connectivity index (χ3v) is 6.09. The summed E-state index contributed by atoms with van der Waals surface area (Å²) in [7, 11) is 0. The minimum absolute atomic E-state index is 0.174. The Balaban J connectivity index is 1.32. The fourth-order valence-corrected chi connectivity index (χ4v) is 4.70. The van der Waals surface area contributed by atoms with Gasteiger partial charge >= 0.3 is 0 Å². The molecule has 3 heterocycles. The molecule has 1 fully saturated rings. The molecule has 0 unspecified atom stereocenters. The van der Waals surface area contributed by atoms with E-state index in [9.17, 15) is 8.78 Å². The summed E-state index contributed by atoms with van der Waals surface area (Å²) in [5, 5.41) is 0. The number of aryl methyl sites for hydroxylation is 2. The number of piperidine rings is 1. The van der Waals surface area contributed by atoms with E-state index in [-0.39, 0.29) is 11.6 Å². The van der Waals surface area contributed by atoms with Gasteiger partial charge in [-0.2, -0.15) is 0 Å². The third kappa shape index (κ3) is 3.14. The molecule has 0 N–H and O–H groups in total. The van der Waals surface area contributed by atoms with E-state index in [1.54, 1.807) is 24.3 Å². The van der Waals surface area contributed by atoms with Crippen LogP contribution in [-0.4, -0.2) is 27.5 Å². The number of benzene rings is 2. The second kappa shape index (κ2) is 6.71. The van der Waals surface area contributed by atoms with Crippen molar-refractivity contribution >= 4 is 11.0 Å². The summed E-state index contributed by atoms with van der Waals surface area (Å²) in [6.45, 7) is 3.79. The lowest BCUT2D eigenvalue weighted by Crippen LogP contribution is -2.33. The zero-order valence-corrected chi connectivity index (χ0v) is 15.3. The van der Waals surface area contributed by atoms with Crippen LogP contribution in [0, 0.1) is 11.6 Å². The maximum atomic E-state index is 13.9. The number of imidazole rings is 1. The van der Waals surface area contributed by atoms with Gasteiger partial charge in [0.05, 0.1) is 17.6 Å². The van der Waals surface area contributed by atoms with E-state index in [0.717, 1.165) is 74.3 Å². The minimum atomic E-state index is -0.185. The van der Waals surface area contributed by atoms with Crippen molar-refractivity contribution in [3.05, 3.63) is 65.0 Å². The summed E-state index contributed by atoms with van der Waals surface area (Å²) in [4.78, 5) is 7.21. The summed E-state index contributed by atoms with van der Waals surface area (Å²) in [6.07, 6.45) is 4.13. The average Bonchev–Trinajstić information content (AvgIpc) is 3.02. The van der Waals surface area contributed by atoms with Crippen LogP contribution in [0.1, 0.15) is 42.1 Å². The molecule has 5 heteroatoms. The molecule has 0 amide bonds. The second-order valence-corrected chi connectivity index (χ2v) is 7.82. The van der Waals surface area contributed by atoms with Gasteiger partial charge in [-0.05, 0) is 74.0 Å². The Kier molecular flexibility index (Phi) is 4.20. The molecule has 0 spiro atoms. The highest BCUT2D eigenvalue weighted by Crippen LogP contribution is 2.31. The van der Waals surface area contributed by atoms with Crippen LogP contribution in [0.2, 0.25) is 0 Å². The highest BCUT2D eigenvalue weighted by atomic mass is 19.1. The molecule has 0 bridgehead atoms. The molecule has 0 saturated carbocycles. The number of likely N-dealkylation sites (tertiary alicyclic amines) is 1. The molecule has 1 aromatic heterocycles. The highest BCUT2D eigenvalue weighted by Gasteiger charge is 2.24. The summed E-state index contributed by atoms with van der Waals surface area (Å²) in [5.41, 5.74) is 4.24. The fourth-order valence-electron chi connectivity index (χ4n) is 4.70. The monoisotopic (exact) mass is 367 g/mol. The van der Waals surface area contributed by atoms with E-state index in [4.69, 9.17) is 4.98 Å². The lowest BCUT2D eigenvalue weighted by molar-refractivity contribution is 0.198. The Labute approximate surface area is 157 Å². The van der Waals surface area contributed by atoms with E-state index < -0.39 is 0 Å². The van der Waals surface area contributed by atoms with Crippen LogP contribution >= 0.6 is 0 Å². The smallest absolute Gasteiger partial charge is 0.125 e. The number of halogens is 2. The van der Waals surface area contributed by atoms with Gasteiger partial charge in [0.2, 0.25) is 0 Å². The first kappa shape index (κ1) is 16.9. The van der Waals surface area contributed by atoms with E-state index in [1.807, 2.05) is 12.1 Å². The first-order valence-corrected chi connectivity index (χ1v) is 9.83. The van der Waals surface area contributed by atoms with Gasteiger partial charge in [0.25, 0.3) is 0 Å². The Bertz CT molecular complexity index is 969. The van der Waals surface area contributed by atoms with Crippen molar-refractivity contribution in [1.82, 2.24) is 14.5 Å². The third-order valence-electron chi connectivity index (χ3n) is 6.09. The Morgan fingerprint density at radius 3 is 2.52 bits per heavy atom. The predicted molar refractivity (Wildman–Crippen MR) is 102 cm³/mol. The first-order valence-electron chi connectivity index (χ1n) is 9.83. The lowest BCUT2D eigenvalue weighted by Gasteiger charge is -2.32. The Hall–Kier alpha value is -2.27. The van der Waals surface area contributed by atoms with Crippen molar-refractivity contribution in [2.24, 2.45) is 0 Å². The van der Waals surface area contributed by atoms with Crippen molar-refractivity contribution in [2.75, 3.05) is 13.1 Å². The van der Waals surface area contributed by atoms with Gasteiger partial charge in [-0.25, -0.2) is 13.8 Å². The molecule has 0 radical (unpaired) electrons. The molecule has 2 aromatic carbocycles. The van der Waals surface area contributed by atoms with Gasteiger partial charge in [0.1, 0.15) is 17.5 Å². The van der Waals surface area contributed by atoms with Crippen LogP contribution in [0.25, 0.3) is 11.0 Å². The summed E-state index contributed by atoms with van der Waals surface area (Å²) in [6, 6.07) is 10.2. The Morgan fingerprint density at radius 1 is 0.963 bits per heavy atom. The predicted octanol–water partition coefficient (Wildman–Crippen LogP) is 4.64. The maximum absolute atomic E-state index is 13.9. The quantitative estimate of drug-likeness (QED) is 0.672. The van der Waals surface area contributed by atoms with Crippen molar-refractivity contribution < 1.29 is 8.78 Å². The van der Waals surface area contributed by atoms with Gasteiger partial charge < -0.3 is 4.57 Å². The average molecular weight is 367 g/mol. The lowest BCUT2D eigenvalue weighted by atomic mass is 9.89. The summed E-state index contributed by atoms with van der Waals surface area (Å²) in [5.74, 6) is 1.19. The molecule has 27 heavy (non-hydrogen) atoms. The van der Waals surface area contributed by atoms with Crippen LogP contribution in [0.15, 0.2) is 36.4 Å². The van der Waals surface area contributed by atoms with E-state index in [2.05, 4.69) is 9.47 Å². The number of hydrogen-bond acceptors (Lipinski definition) is 2. The zero-order chi connectivity index (χ0) is 18.4. The fraction of sp³-hybridized carbons (Fsp3) is 0.409. The van der Waals surface area contributed by atoms with Gasteiger partial charge in [-0.3, -0.25) is 4.90 Å². The molecule has 0 aliphatic carbocycles. The summed E-state index contributed by atoms with van der Waals surface area (Å²) < 4.78 is 29.3. The molecule has 0 atom stereocenters. The van der Waals surface area contributed by atoms with E-state index >= 15 is 0 Å².